The molecule has 0 amide bonds. The Labute approximate surface area is 154 Å². The SMILES string of the molecule is CCCN(CCC)c1ccc(C(=O)O)cc1NS(=O)(=O)c1ccccc1. The Morgan fingerprint density at radius 2 is 1.65 bits per heavy atom. The fraction of sp³-hybridized carbons (Fsp3) is 0.316. The zero-order valence-corrected chi connectivity index (χ0v) is 15.8. The number of nitrogens with zero attached hydrogens (tertiary/aromatic N) is 1. The normalized spacial score (nSPS) is 11.2. The van der Waals surface area contributed by atoms with Crippen molar-refractivity contribution < 1.29 is 18.3 Å². The van der Waals surface area contributed by atoms with Crippen molar-refractivity contribution in [2.24, 2.45) is 0 Å². The summed E-state index contributed by atoms with van der Waals surface area (Å²) in [6.45, 7) is 5.59. The molecule has 0 aliphatic rings. The first kappa shape index (κ1) is 19.8. The molecule has 2 aromatic carbocycles. The van der Waals surface area contributed by atoms with Gasteiger partial charge in [-0.25, -0.2) is 13.2 Å². The van der Waals surface area contributed by atoms with Crippen LogP contribution in [0.5, 0.6) is 0 Å². The molecule has 0 saturated carbocycles. The number of aromatic carboxylic acids is 1. The molecule has 0 bridgehead atoms. The second-order valence-corrected chi connectivity index (χ2v) is 7.63. The number of sulfonamides is 1. The van der Waals surface area contributed by atoms with Gasteiger partial charge in [0, 0.05) is 13.1 Å². The number of carboxylic acids is 1. The standard InChI is InChI=1S/C19H24N2O4S/c1-3-12-21(13-4-2)18-11-10-15(19(22)23)14-17(18)20-26(24,25)16-8-6-5-7-9-16/h5-11,14,20H,3-4,12-13H2,1-2H3,(H,22,23). The molecule has 0 aliphatic carbocycles. The predicted octanol–water partition coefficient (Wildman–Crippen LogP) is 3.81. The average molecular weight is 376 g/mol. The molecule has 7 heteroatoms. The molecule has 0 unspecified atom stereocenters. The quantitative estimate of drug-likeness (QED) is 0.695. The summed E-state index contributed by atoms with van der Waals surface area (Å²) in [5.41, 5.74) is 0.987. The van der Waals surface area contributed by atoms with E-state index in [0.717, 1.165) is 25.9 Å². The van der Waals surface area contributed by atoms with Crippen LogP contribution in [-0.2, 0) is 10.0 Å². The minimum Gasteiger partial charge on any atom is -0.478 e. The molecule has 0 atom stereocenters. The van der Waals surface area contributed by atoms with Crippen LogP contribution in [0.1, 0.15) is 37.0 Å². The highest BCUT2D eigenvalue weighted by Gasteiger charge is 2.19. The van der Waals surface area contributed by atoms with E-state index in [0.29, 0.717) is 5.69 Å². The van der Waals surface area contributed by atoms with E-state index in [1.807, 2.05) is 13.8 Å². The maximum absolute atomic E-state index is 12.7. The summed E-state index contributed by atoms with van der Waals surface area (Å²) < 4.78 is 28.0. The van der Waals surface area contributed by atoms with Crippen molar-refractivity contribution in [3.05, 3.63) is 54.1 Å². The Balaban J connectivity index is 2.49. The molecule has 0 saturated heterocycles. The Kier molecular flexibility index (Phi) is 6.63. The van der Waals surface area contributed by atoms with E-state index in [1.54, 1.807) is 24.3 Å². The highest BCUT2D eigenvalue weighted by molar-refractivity contribution is 7.92. The summed E-state index contributed by atoms with van der Waals surface area (Å²) in [6, 6.07) is 12.6. The summed E-state index contributed by atoms with van der Waals surface area (Å²) in [4.78, 5) is 13.5. The monoisotopic (exact) mass is 376 g/mol. The number of hydrogen-bond donors (Lipinski definition) is 2. The average Bonchev–Trinajstić information content (AvgIpc) is 2.62. The van der Waals surface area contributed by atoms with Gasteiger partial charge in [0.2, 0.25) is 0 Å². The first-order valence-electron chi connectivity index (χ1n) is 8.59. The van der Waals surface area contributed by atoms with Crippen LogP contribution in [0.2, 0.25) is 0 Å². The molecule has 0 heterocycles. The molecule has 2 N–H and O–H groups in total. The van der Waals surface area contributed by atoms with Crippen LogP contribution >= 0.6 is 0 Å². The summed E-state index contributed by atoms with van der Waals surface area (Å²) in [5, 5.41) is 9.27. The van der Waals surface area contributed by atoms with Gasteiger partial charge in [0.25, 0.3) is 10.0 Å². The van der Waals surface area contributed by atoms with Crippen LogP contribution < -0.4 is 9.62 Å². The first-order valence-corrected chi connectivity index (χ1v) is 10.1. The predicted molar refractivity (Wildman–Crippen MR) is 103 cm³/mol. The van der Waals surface area contributed by atoms with Crippen LogP contribution in [0.3, 0.4) is 0 Å². The van der Waals surface area contributed by atoms with Gasteiger partial charge >= 0.3 is 5.97 Å². The maximum Gasteiger partial charge on any atom is 0.335 e. The van der Waals surface area contributed by atoms with E-state index in [-0.39, 0.29) is 16.1 Å². The Hall–Kier alpha value is -2.54. The topological polar surface area (TPSA) is 86.7 Å². The number of hydrogen-bond acceptors (Lipinski definition) is 4. The van der Waals surface area contributed by atoms with E-state index in [9.17, 15) is 18.3 Å². The third-order valence-electron chi connectivity index (χ3n) is 3.87. The van der Waals surface area contributed by atoms with Gasteiger partial charge in [-0.3, -0.25) is 4.72 Å². The summed E-state index contributed by atoms with van der Waals surface area (Å²) in [7, 11) is -3.81. The molecule has 2 aromatic rings. The molecule has 26 heavy (non-hydrogen) atoms. The van der Waals surface area contributed by atoms with E-state index in [1.165, 1.54) is 24.3 Å². The first-order chi connectivity index (χ1) is 12.4. The lowest BCUT2D eigenvalue weighted by Crippen LogP contribution is -2.27. The van der Waals surface area contributed by atoms with Crippen molar-refractivity contribution in [1.82, 2.24) is 0 Å². The zero-order chi connectivity index (χ0) is 19.2. The maximum atomic E-state index is 12.7. The van der Waals surface area contributed by atoms with Gasteiger partial charge in [0.1, 0.15) is 0 Å². The van der Waals surface area contributed by atoms with E-state index >= 15 is 0 Å². The largest absolute Gasteiger partial charge is 0.478 e. The molecule has 0 aromatic heterocycles. The fourth-order valence-electron chi connectivity index (χ4n) is 2.72. The van der Waals surface area contributed by atoms with Crippen molar-refractivity contribution >= 4 is 27.4 Å². The number of benzene rings is 2. The van der Waals surface area contributed by atoms with Gasteiger partial charge in [0.05, 0.1) is 21.8 Å². The third kappa shape index (κ3) is 4.76. The lowest BCUT2D eigenvalue weighted by molar-refractivity contribution is 0.0697. The third-order valence-corrected chi connectivity index (χ3v) is 5.25. The van der Waals surface area contributed by atoms with E-state index in [4.69, 9.17) is 0 Å². The van der Waals surface area contributed by atoms with Crippen molar-refractivity contribution in [3.63, 3.8) is 0 Å². The number of anilines is 2. The van der Waals surface area contributed by atoms with Crippen LogP contribution in [0.4, 0.5) is 11.4 Å². The summed E-state index contributed by atoms with van der Waals surface area (Å²) >= 11 is 0. The Bertz CT molecular complexity index is 845. The highest BCUT2D eigenvalue weighted by atomic mass is 32.2. The van der Waals surface area contributed by atoms with Gasteiger partial charge in [0.15, 0.2) is 0 Å². The lowest BCUT2D eigenvalue weighted by Gasteiger charge is -2.27. The van der Waals surface area contributed by atoms with Crippen LogP contribution in [0.25, 0.3) is 0 Å². The molecular formula is C19H24N2O4S. The van der Waals surface area contributed by atoms with E-state index in [2.05, 4.69) is 9.62 Å². The van der Waals surface area contributed by atoms with Gasteiger partial charge in [-0.2, -0.15) is 0 Å². The fourth-order valence-corrected chi connectivity index (χ4v) is 3.81. The summed E-state index contributed by atoms with van der Waals surface area (Å²) in [6.07, 6.45) is 1.79. The molecule has 0 spiro atoms. The summed E-state index contributed by atoms with van der Waals surface area (Å²) in [5.74, 6) is -1.10. The van der Waals surface area contributed by atoms with Crippen molar-refractivity contribution in [2.45, 2.75) is 31.6 Å². The molecular weight excluding hydrogens is 352 g/mol. The van der Waals surface area contributed by atoms with Gasteiger partial charge in [-0.1, -0.05) is 32.0 Å². The number of carboxylic acid groups (broad SMARTS) is 1. The molecule has 0 fully saturated rings. The van der Waals surface area contributed by atoms with Gasteiger partial charge in [-0.15, -0.1) is 0 Å². The smallest absolute Gasteiger partial charge is 0.335 e. The number of rotatable bonds is 9. The molecule has 140 valence electrons. The van der Waals surface area contributed by atoms with Gasteiger partial charge < -0.3 is 10.0 Å². The van der Waals surface area contributed by atoms with Gasteiger partial charge in [-0.05, 0) is 43.2 Å². The molecule has 2 rings (SSSR count). The highest BCUT2D eigenvalue weighted by Crippen LogP contribution is 2.30. The lowest BCUT2D eigenvalue weighted by atomic mass is 10.1. The van der Waals surface area contributed by atoms with E-state index < -0.39 is 16.0 Å². The Morgan fingerprint density at radius 1 is 1.04 bits per heavy atom. The van der Waals surface area contributed by atoms with Crippen molar-refractivity contribution in [1.29, 1.82) is 0 Å². The van der Waals surface area contributed by atoms with Crippen molar-refractivity contribution in [2.75, 3.05) is 22.7 Å². The number of carbonyl (C=O) groups is 1. The van der Waals surface area contributed by atoms with Crippen LogP contribution in [0, 0.1) is 0 Å². The molecule has 0 radical (unpaired) electrons. The second-order valence-electron chi connectivity index (χ2n) is 5.94. The van der Waals surface area contributed by atoms with Crippen LogP contribution in [0.15, 0.2) is 53.4 Å². The molecule has 0 aliphatic heterocycles. The minimum absolute atomic E-state index is 0.0347. The zero-order valence-electron chi connectivity index (χ0n) is 15.0. The second kappa shape index (κ2) is 8.71. The van der Waals surface area contributed by atoms with Crippen LogP contribution in [-0.4, -0.2) is 32.6 Å². The minimum atomic E-state index is -3.81. The molecule has 6 nitrogen and oxygen atoms in total. The Morgan fingerprint density at radius 3 is 2.19 bits per heavy atom. The number of nitrogens with one attached hydrogen (secondary N) is 1. The van der Waals surface area contributed by atoms with Crippen molar-refractivity contribution in [3.8, 4) is 0 Å².